The Bertz CT molecular complexity index is 195. The molecule has 0 aliphatic rings. The summed E-state index contributed by atoms with van der Waals surface area (Å²) >= 11 is 1.78. The Labute approximate surface area is 90.9 Å². The largest absolute Gasteiger partial charge is 0.481 e. The lowest BCUT2D eigenvalue weighted by Crippen LogP contribution is -2.42. The maximum Gasteiger partial charge on any atom is 0.310 e. The van der Waals surface area contributed by atoms with Gasteiger partial charge in [0, 0.05) is 18.3 Å². The summed E-state index contributed by atoms with van der Waals surface area (Å²) in [6.45, 7) is 6.23. The van der Waals surface area contributed by atoms with Crippen LogP contribution in [0.25, 0.3) is 0 Å². The normalized spacial score (nSPS) is 14.4. The molecule has 0 fully saturated rings. The summed E-state index contributed by atoms with van der Waals surface area (Å²) in [5.41, 5.74) is -0.665. The van der Waals surface area contributed by atoms with Crippen LogP contribution >= 0.6 is 11.8 Å². The zero-order valence-electron chi connectivity index (χ0n) is 9.70. The zero-order chi connectivity index (χ0) is 11.4. The molecule has 1 unspecified atom stereocenters. The van der Waals surface area contributed by atoms with Gasteiger partial charge in [0.2, 0.25) is 0 Å². The molecule has 0 radical (unpaired) electrons. The second-order valence-corrected chi connectivity index (χ2v) is 5.32. The fraction of sp³-hybridized carbons (Fsp3) is 0.900. The van der Waals surface area contributed by atoms with Gasteiger partial charge in [0.1, 0.15) is 0 Å². The third-order valence-corrected chi connectivity index (χ3v) is 3.20. The van der Waals surface area contributed by atoms with Gasteiger partial charge in [-0.2, -0.15) is 11.8 Å². The van der Waals surface area contributed by atoms with E-state index in [1.807, 2.05) is 7.05 Å². The van der Waals surface area contributed by atoms with E-state index < -0.39 is 11.4 Å². The zero-order valence-corrected chi connectivity index (χ0v) is 10.5. The van der Waals surface area contributed by atoms with Crippen molar-refractivity contribution in [3.8, 4) is 0 Å². The molecular formula is C10H21NO2S. The van der Waals surface area contributed by atoms with E-state index >= 15 is 0 Å². The molecule has 0 aliphatic carbocycles. The summed E-state index contributed by atoms with van der Waals surface area (Å²) in [5.74, 6) is 0.298. The van der Waals surface area contributed by atoms with Gasteiger partial charge in [-0.25, -0.2) is 0 Å². The van der Waals surface area contributed by atoms with Crippen LogP contribution in [0.5, 0.6) is 0 Å². The van der Waals surface area contributed by atoms with Crippen LogP contribution < -0.4 is 0 Å². The van der Waals surface area contributed by atoms with Crippen molar-refractivity contribution in [1.82, 2.24) is 4.90 Å². The minimum Gasteiger partial charge on any atom is -0.481 e. The van der Waals surface area contributed by atoms with E-state index in [0.29, 0.717) is 12.6 Å². The second-order valence-electron chi connectivity index (χ2n) is 4.41. The van der Waals surface area contributed by atoms with Gasteiger partial charge in [-0.1, -0.05) is 0 Å². The first-order chi connectivity index (χ1) is 6.31. The highest BCUT2D eigenvalue weighted by Gasteiger charge is 2.29. The molecule has 0 rings (SSSR count). The van der Waals surface area contributed by atoms with Crippen molar-refractivity contribution in [2.24, 2.45) is 5.41 Å². The number of thioether (sulfide) groups is 1. The van der Waals surface area contributed by atoms with Crippen LogP contribution in [-0.4, -0.2) is 47.6 Å². The molecule has 0 saturated heterocycles. The average molecular weight is 219 g/mol. The van der Waals surface area contributed by atoms with Crippen molar-refractivity contribution >= 4 is 17.7 Å². The average Bonchev–Trinajstić information content (AvgIpc) is 2.03. The topological polar surface area (TPSA) is 40.5 Å². The SMILES string of the molecule is CSCC(C)N(C)CC(C)(C)C(=O)O. The second kappa shape index (κ2) is 5.61. The quantitative estimate of drug-likeness (QED) is 0.739. The lowest BCUT2D eigenvalue weighted by Gasteiger charge is -2.30. The van der Waals surface area contributed by atoms with Crippen molar-refractivity contribution in [2.45, 2.75) is 26.8 Å². The Hall–Kier alpha value is -0.220. The van der Waals surface area contributed by atoms with Gasteiger partial charge >= 0.3 is 5.97 Å². The molecule has 84 valence electrons. The molecule has 0 aliphatic heterocycles. The molecule has 0 aromatic heterocycles. The Kier molecular flexibility index (Phi) is 5.52. The van der Waals surface area contributed by atoms with Crippen LogP contribution in [0.1, 0.15) is 20.8 Å². The highest BCUT2D eigenvalue weighted by Crippen LogP contribution is 2.18. The first-order valence-electron chi connectivity index (χ1n) is 4.74. The first kappa shape index (κ1) is 13.8. The standard InChI is InChI=1S/C10H21NO2S/c1-8(6-14-5)11(4)7-10(2,3)9(12)13/h8H,6-7H2,1-5H3,(H,12,13). The van der Waals surface area contributed by atoms with Crippen LogP contribution in [0.15, 0.2) is 0 Å². The monoisotopic (exact) mass is 219 g/mol. The number of carboxylic acids is 1. The summed E-state index contributed by atoms with van der Waals surface area (Å²) in [7, 11) is 1.98. The highest BCUT2D eigenvalue weighted by molar-refractivity contribution is 7.98. The van der Waals surface area contributed by atoms with Gasteiger partial charge in [-0.05, 0) is 34.1 Å². The lowest BCUT2D eigenvalue weighted by molar-refractivity contribution is -0.148. The van der Waals surface area contributed by atoms with Gasteiger partial charge < -0.3 is 10.0 Å². The van der Waals surface area contributed by atoms with Crippen LogP contribution in [0.2, 0.25) is 0 Å². The summed E-state index contributed by atoms with van der Waals surface area (Å²) in [6, 6.07) is 0.420. The van der Waals surface area contributed by atoms with E-state index in [4.69, 9.17) is 5.11 Å². The van der Waals surface area contributed by atoms with E-state index in [0.717, 1.165) is 5.75 Å². The Morgan fingerprint density at radius 1 is 1.57 bits per heavy atom. The predicted octanol–water partition coefficient (Wildman–Crippen LogP) is 1.78. The predicted molar refractivity (Wildman–Crippen MR) is 61.9 cm³/mol. The van der Waals surface area contributed by atoms with E-state index in [-0.39, 0.29) is 0 Å². The fourth-order valence-electron chi connectivity index (χ4n) is 1.22. The number of carbonyl (C=O) groups is 1. The van der Waals surface area contributed by atoms with E-state index in [1.54, 1.807) is 25.6 Å². The van der Waals surface area contributed by atoms with Gasteiger partial charge in [-0.3, -0.25) is 4.79 Å². The molecule has 4 heteroatoms. The number of hydrogen-bond donors (Lipinski definition) is 1. The summed E-state index contributed by atoms with van der Waals surface area (Å²) in [4.78, 5) is 13.0. The molecule has 0 saturated carbocycles. The van der Waals surface area contributed by atoms with Crippen LogP contribution in [0.4, 0.5) is 0 Å². The molecule has 0 aromatic rings. The molecule has 0 aromatic carbocycles. The lowest BCUT2D eigenvalue weighted by atomic mass is 9.93. The van der Waals surface area contributed by atoms with Gasteiger partial charge in [0.15, 0.2) is 0 Å². The van der Waals surface area contributed by atoms with Crippen molar-refractivity contribution in [1.29, 1.82) is 0 Å². The smallest absolute Gasteiger partial charge is 0.310 e. The van der Waals surface area contributed by atoms with E-state index in [1.165, 1.54) is 0 Å². The molecule has 14 heavy (non-hydrogen) atoms. The summed E-state index contributed by atoms with van der Waals surface area (Å²) in [5, 5.41) is 8.97. The maximum atomic E-state index is 10.9. The number of rotatable bonds is 6. The minimum atomic E-state index is -0.735. The maximum absolute atomic E-state index is 10.9. The molecule has 0 heterocycles. The molecule has 3 nitrogen and oxygen atoms in total. The molecule has 1 N–H and O–H groups in total. The first-order valence-corrected chi connectivity index (χ1v) is 6.13. The van der Waals surface area contributed by atoms with Crippen molar-refractivity contribution < 1.29 is 9.90 Å². The molecular weight excluding hydrogens is 198 g/mol. The minimum absolute atomic E-state index is 0.420. The molecule has 0 amide bonds. The third kappa shape index (κ3) is 4.33. The van der Waals surface area contributed by atoms with Crippen LogP contribution in [-0.2, 0) is 4.79 Å². The Balaban J connectivity index is 4.16. The number of aliphatic carboxylic acids is 1. The Morgan fingerprint density at radius 3 is 2.43 bits per heavy atom. The molecule has 1 atom stereocenters. The van der Waals surface area contributed by atoms with Gasteiger partial charge in [-0.15, -0.1) is 0 Å². The summed E-state index contributed by atoms with van der Waals surface area (Å²) < 4.78 is 0. The number of nitrogens with zero attached hydrogens (tertiary/aromatic N) is 1. The molecule has 0 bridgehead atoms. The number of carboxylic acid groups (broad SMARTS) is 1. The Morgan fingerprint density at radius 2 is 2.07 bits per heavy atom. The number of hydrogen-bond acceptors (Lipinski definition) is 3. The van der Waals surface area contributed by atoms with Gasteiger partial charge in [0.25, 0.3) is 0 Å². The molecule has 0 spiro atoms. The van der Waals surface area contributed by atoms with Crippen LogP contribution in [0, 0.1) is 5.41 Å². The highest BCUT2D eigenvalue weighted by atomic mass is 32.2. The van der Waals surface area contributed by atoms with Crippen LogP contribution in [0.3, 0.4) is 0 Å². The summed E-state index contributed by atoms with van der Waals surface area (Å²) in [6.07, 6.45) is 2.06. The fourth-order valence-corrected chi connectivity index (χ4v) is 1.95. The van der Waals surface area contributed by atoms with Gasteiger partial charge in [0.05, 0.1) is 5.41 Å². The van der Waals surface area contributed by atoms with Crippen molar-refractivity contribution in [2.75, 3.05) is 25.6 Å². The van der Waals surface area contributed by atoms with E-state index in [2.05, 4.69) is 18.1 Å². The third-order valence-electron chi connectivity index (χ3n) is 2.38. The van der Waals surface area contributed by atoms with E-state index in [9.17, 15) is 4.79 Å². The van der Waals surface area contributed by atoms with Crippen molar-refractivity contribution in [3.05, 3.63) is 0 Å². The van der Waals surface area contributed by atoms with Crippen molar-refractivity contribution in [3.63, 3.8) is 0 Å².